The molecule has 3 aromatic rings. The number of likely N-dealkylation sites (tertiary alicyclic amines) is 1. The van der Waals surface area contributed by atoms with Gasteiger partial charge in [0.15, 0.2) is 0 Å². The summed E-state index contributed by atoms with van der Waals surface area (Å²) in [7, 11) is 0. The number of hydrogen-bond acceptors (Lipinski definition) is 4. The second-order valence-corrected chi connectivity index (χ2v) is 12.4. The third kappa shape index (κ3) is 7.21. The Morgan fingerprint density at radius 3 is 2.23 bits per heavy atom. The van der Waals surface area contributed by atoms with Crippen molar-refractivity contribution >= 4 is 23.2 Å². The topological polar surface area (TPSA) is 52.7 Å². The fraction of sp³-hybridized carbons (Fsp3) is 0.471. The van der Waals surface area contributed by atoms with Crippen molar-refractivity contribution in [2.75, 3.05) is 26.2 Å². The maximum Gasteiger partial charge on any atom is 0.264 e. The Bertz CT molecular complexity index is 1240. The smallest absolute Gasteiger partial charge is 0.264 e. The van der Waals surface area contributed by atoms with Crippen LogP contribution in [0.2, 0.25) is 0 Å². The Hall–Kier alpha value is -2.96. The summed E-state index contributed by atoms with van der Waals surface area (Å²) in [6.45, 7) is 6.49. The first kappa shape index (κ1) is 28.6. The van der Waals surface area contributed by atoms with E-state index < -0.39 is 0 Å². The van der Waals surface area contributed by atoms with Crippen molar-refractivity contribution in [2.24, 2.45) is 0 Å². The van der Waals surface area contributed by atoms with Gasteiger partial charge in [-0.1, -0.05) is 56.2 Å². The molecule has 0 bridgehead atoms. The lowest BCUT2D eigenvalue weighted by molar-refractivity contribution is 0.0627. The molecule has 6 heteroatoms. The monoisotopic (exact) mass is 557 g/mol. The molecule has 1 N–H and O–H groups in total. The van der Waals surface area contributed by atoms with Crippen molar-refractivity contribution in [1.82, 2.24) is 15.1 Å². The molecule has 1 aromatic heterocycles. The molecule has 40 heavy (non-hydrogen) atoms. The molecule has 0 saturated carbocycles. The Kier molecular flexibility index (Phi) is 10.1. The zero-order chi connectivity index (χ0) is 27.7. The van der Waals surface area contributed by atoms with Gasteiger partial charge >= 0.3 is 0 Å². The molecule has 2 aromatic carbocycles. The van der Waals surface area contributed by atoms with Crippen LogP contribution < -0.4 is 5.32 Å². The first-order valence-corrected chi connectivity index (χ1v) is 16.0. The average molecular weight is 558 g/mol. The van der Waals surface area contributed by atoms with Crippen molar-refractivity contribution in [2.45, 2.75) is 77.3 Å². The normalized spacial score (nSPS) is 16.2. The van der Waals surface area contributed by atoms with Gasteiger partial charge in [0.1, 0.15) is 0 Å². The number of carbonyl (C=O) groups is 2. The van der Waals surface area contributed by atoms with E-state index in [4.69, 9.17) is 0 Å². The van der Waals surface area contributed by atoms with Gasteiger partial charge in [0, 0.05) is 36.1 Å². The first-order chi connectivity index (χ1) is 19.6. The van der Waals surface area contributed by atoms with Crippen molar-refractivity contribution in [3.8, 4) is 11.1 Å². The SMILES string of the molecule is CCCCCc1ccc(C(=O)N(Cc2ccc(-c3ccc(C(=O)N4CCCCC4)cc3)cc2)C2CCNCC2)s1. The predicted molar refractivity (Wildman–Crippen MR) is 165 cm³/mol. The molecular formula is C34H43N3O2S. The molecule has 2 aliphatic heterocycles. The minimum Gasteiger partial charge on any atom is -0.339 e. The quantitative estimate of drug-likeness (QED) is 0.269. The molecular weight excluding hydrogens is 514 g/mol. The van der Waals surface area contributed by atoms with Gasteiger partial charge in [-0.15, -0.1) is 11.3 Å². The van der Waals surface area contributed by atoms with Crippen LogP contribution >= 0.6 is 11.3 Å². The second-order valence-electron chi connectivity index (χ2n) is 11.3. The highest BCUT2D eigenvalue weighted by molar-refractivity contribution is 7.14. The number of nitrogens with one attached hydrogen (secondary N) is 1. The molecule has 0 radical (unpaired) electrons. The lowest BCUT2D eigenvalue weighted by Gasteiger charge is -2.34. The summed E-state index contributed by atoms with van der Waals surface area (Å²) >= 11 is 1.67. The summed E-state index contributed by atoms with van der Waals surface area (Å²) in [6.07, 6.45) is 10.1. The largest absolute Gasteiger partial charge is 0.339 e. The molecule has 2 fully saturated rings. The Balaban J connectivity index is 1.26. The van der Waals surface area contributed by atoms with Crippen LogP contribution in [-0.2, 0) is 13.0 Å². The maximum absolute atomic E-state index is 13.8. The number of aryl methyl sites for hydroxylation is 1. The standard InChI is InChI=1S/C34H43N3O2S/c1-2-3-5-8-31-17-18-32(40-31)34(39)37(30-19-21-35-22-20-30)25-26-9-11-27(12-10-26)28-13-15-29(16-14-28)33(38)36-23-6-4-7-24-36/h9-18,30,35H,2-8,19-25H2,1H3. The van der Waals surface area contributed by atoms with Gasteiger partial charge in [-0.25, -0.2) is 0 Å². The third-order valence-electron chi connectivity index (χ3n) is 8.32. The number of nitrogens with zero attached hydrogens (tertiary/aromatic N) is 2. The summed E-state index contributed by atoms with van der Waals surface area (Å²) in [4.78, 5) is 32.9. The number of carbonyl (C=O) groups excluding carboxylic acids is 2. The summed E-state index contributed by atoms with van der Waals surface area (Å²) < 4.78 is 0. The Labute approximate surface area is 243 Å². The number of hydrogen-bond donors (Lipinski definition) is 1. The van der Waals surface area contributed by atoms with Gasteiger partial charge in [0.25, 0.3) is 11.8 Å². The number of unbranched alkanes of at least 4 members (excludes halogenated alkanes) is 2. The first-order valence-electron chi connectivity index (χ1n) is 15.2. The molecule has 2 aliphatic rings. The van der Waals surface area contributed by atoms with Crippen molar-refractivity contribution in [3.63, 3.8) is 0 Å². The van der Waals surface area contributed by atoms with Crippen molar-refractivity contribution in [1.29, 1.82) is 0 Å². The highest BCUT2D eigenvalue weighted by atomic mass is 32.1. The van der Waals surface area contributed by atoms with E-state index in [9.17, 15) is 9.59 Å². The van der Waals surface area contributed by atoms with Gasteiger partial charge in [0.05, 0.1) is 4.88 Å². The molecule has 2 saturated heterocycles. The van der Waals surface area contributed by atoms with Gasteiger partial charge in [0.2, 0.25) is 0 Å². The Morgan fingerprint density at radius 1 is 0.875 bits per heavy atom. The highest BCUT2D eigenvalue weighted by Crippen LogP contribution is 2.26. The van der Waals surface area contributed by atoms with E-state index in [1.165, 1.54) is 30.6 Å². The minimum atomic E-state index is 0.142. The van der Waals surface area contributed by atoms with Crippen LogP contribution in [0.1, 0.15) is 88.8 Å². The molecule has 0 spiro atoms. The zero-order valence-electron chi connectivity index (χ0n) is 23.9. The van der Waals surface area contributed by atoms with Crippen LogP contribution in [0.25, 0.3) is 11.1 Å². The van der Waals surface area contributed by atoms with Gasteiger partial charge in [-0.3, -0.25) is 9.59 Å². The van der Waals surface area contributed by atoms with E-state index in [2.05, 4.69) is 47.5 Å². The molecule has 0 unspecified atom stereocenters. The molecule has 5 rings (SSSR count). The fourth-order valence-corrected chi connectivity index (χ4v) is 6.89. The third-order valence-corrected chi connectivity index (χ3v) is 9.46. The summed E-state index contributed by atoms with van der Waals surface area (Å²) in [6, 6.07) is 21.0. The second kappa shape index (κ2) is 14.1. The van der Waals surface area contributed by atoms with Crippen LogP contribution in [-0.4, -0.2) is 53.8 Å². The summed E-state index contributed by atoms with van der Waals surface area (Å²) in [5, 5.41) is 3.44. The van der Waals surface area contributed by atoms with E-state index in [-0.39, 0.29) is 17.9 Å². The van der Waals surface area contributed by atoms with Crippen LogP contribution in [0.5, 0.6) is 0 Å². The van der Waals surface area contributed by atoms with Gasteiger partial charge in [-0.05, 0) is 99.0 Å². The summed E-state index contributed by atoms with van der Waals surface area (Å²) in [5.74, 6) is 0.305. The average Bonchev–Trinajstić information content (AvgIpc) is 3.50. The zero-order valence-corrected chi connectivity index (χ0v) is 24.7. The summed E-state index contributed by atoms with van der Waals surface area (Å²) in [5.41, 5.74) is 4.13. The highest BCUT2D eigenvalue weighted by Gasteiger charge is 2.27. The lowest BCUT2D eigenvalue weighted by atomic mass is 10.0. The molecule has 2 amide bonds. The molecule has 3 heterocycles. The molecule has 212 valence electrons. The molecule has 5 nitrogen and oxygen atoms in total. The van der Waals surface area contributed by atoms with Gasteiger partial charge < -0.3 is 15.1 Å². The van der Waals surface area contributed by atoms with Crippen molar-refractivity contribution in [3.05, 3.63) is 81.5 Å². The van der Waals surface area contributed by atoms with Crippen molar-refractivity contribution < 1.29 is 9.59 Å². The van der Waals surface area contributed by atoms with E-state index in [0.29, 0.717) is 6.54 Å². The number of amides is 2. The minimum absolute atomic E-state index is 0.142. The number of piperidine rings is 2. The number of rotatable bonds is 10. The maximum atomic E-state index is 13.8. The molecule has 0 atom stereocenters. The van der Waals surface area contributed by atoms with E-state index in [0.717, 1.165) is 85.4 Å². The van der Waals surface area contributed by atoms with E-state index >= 15 is 0 Å². The van der Waals surface area contributed by atoms with E-state index in [1.54, 1.807) is 11.3 Å². The lowest BCUT2D eigenvalue weighted by Crippen LogP contribution is -2.45. The van der Waals surface area contributed by atoms with Crippen LogP contribution in [0.3, 0.4) is 0 Å². The predicted octanol–water partition coefficient (Wildman–Crippen LogP) is 7.17. The molecule has 0 aliphatic carbocycles. The number of thiophene rings is 1. The van der Waals surface area contributed by atoms with Gasteiger partial charge in [-0.2, -0.15) is 0 Å². The Morgan fingerprint density at radius 2 is 1.55 bits per heavy atom. The fourth-order valence-electron chi connectivity index (χ4n) is 5.89. The number of benzene rings is 2. The van der Waals surface area contributed by atoms with E-state index in [1.807, 2.05) is 35.2 Å². The van der Waals surface area contributed by atoms with Crippen LogP contribution in [0, 0.1) is 0 Å². The van der Waals surface area contributed by atoms with Crippen LogP contribution in [0.4, 0.5) is 0 Å². The van der Waals surface area contributed by atoms with Crippen LogP contribution in [0.15, 0.2) is 60.7 Å².